The number of para-hydroxylation sites is 2. The van der Waals surface area contributed by atoms with Crippen molar-refractivity contribution in [2.24, 2.45) is 0 Å². The summed E-state index contributed by atoms with van der Waals surface area (Å²) in [5.74, 6) is -1.09. The first-order valence-corrected chi connectivity index (χ1v) is 8.92. The number of rotatable bonds is 4. The van der Waals surface area contributed by atoms with Crippen LogP contribution in [0.15, 0.2) is 62.6 Å². The molecule has 3 rings (SSSR count). The minimum absolute atomic E-state index is 0.103. The first-order valence-electron chi connectivity index (χ1n) is 7.03. The van der Waals surface area contributed by atoms with Crippen molar-refractivity contribution in [2.75, 3.05) is 11.6 Å². The van der Waals surface area contributed by atoms with Gasteiger partial charge in [-0.25, -0.2) is 13.2 Å². The average Bonchev–Trinajstić information content (AvgIpc) is 2.83. The largest absolute Gasteiger partial charge is 0.420 e. The molecule has 0 atom stereocenters. The van der Waals surface area contributed by atoms with Gasteiger partial charge in [-0.1, -0.05) is 18.2 Å². The van der Waals surface area contributed by atoms with Crippen molar-refractivity contribution in [3.63, 3.8) is 0 Å². The fourth-order valence-corrected chi connectivity index (χ4v) is 2.98. The van der Waals surface area contributed by atoms with Gasteiger partial charge in [0.25, 0.3) is 0 Å². The van der Waals surface area contributed by atoms with E-state index in [0.29, 0.717) is 16.8 Å². The van der Waals surface area contributed by atoms with Gasteiger partial charge in [-0.05, 0) is 30.3 Å². The summed E-state index contributed by atoms with van der Waals surface area (Å²) in [7, 11) is -3.37. The molecule has 24 heavy (non-hydrogen) atoms. The maximum Gasteiger partial charge on any atom is 0.420 e. The first kappa shape index (κ1) is 16.0. The maximum absolute atomic E-state index is 12.2. The van der Waals surface area contributed by atoms with Crippen LogP contribution in [0.4, 0.5) is 5.69 Å². The average molecular weight is 346 g/mol. The van der Waals surface area contributed by atoms with Crippen LogP contribution in [0.1, 0.15) is 0 Å². The summed E-state index contributed by atoms with van der Waals surface area (Å²) in [5, 5.41) is 2.58. The van der Waals surface area contributed by atoms with E-state index in [1.807, 2.05) is 0 Å². The molecule has 8 heteroatoms. The topological polar surface area (TPSA) is 98.4 Å². The molecule has 2 aromatic carbocycles. The van der Waals surface area contributed by atoms with Crippen LogP contribution in [0.5, 0.6) is 0 Å². The number of hydrogen-bond donors (Lipinski definition) is 1. The Morgan fingerprint density at radius 2 is 1.92 bits per heavy atom. The smallest absolute Gasteiger partial charge is 0.408 e. The molecule has 0 bridgehead atoms. The van der Waals surface area contributed by atoms with Crippen LogP contribution in [-0.4, -0.2) is 25.1 Å². The molecule has 0 fully saturated rings. The van der Waals surface area contributed by atoms with Crippen molar-refractivity contribution in [3.8, 4) is 0 Å². The zero-order valence-electron chi connectivity index (χ0n) is 12.7. The molecule has 1 aromatic heterocycles. The molecule has 0 aliphatic rings. The Balaban J connectivity index is 1.83. The highest BCUT2D eigenvalue weighted by molar-refractivity contribution is 7.90. The number of fused-ring (bicyclic) bond motifs is 1. The Kier molecular flexibility index (Phi) is 3.98. The first-order chi connectivity index (χ1) is 11.3. The molecule has 0 radical (unpaired) electrons. The highest BCUT2D eigenvalue weighted by Gasteiger charge is 2.13. The number of oxazole rings is 1. The summed E-state index contributed by atoms with van der Waals surface area (Å²) in [6.45, 7) is -0.237. The van der Waals surface area contributed by atoms with E-state index in [9.17, 15) is 18.0 Å². The van der Waals surface area contributed by atoms with E-state index in [4.69, 9.17) is 4.42 Å². The molecule has 7 nitrogen and oxygen atoms in total. The van der Waals surface area contributed by atoms with Crippen molar-refractivity contribution in [2.45, 2.75) is 11.4 Å². The van der Waals surface area contributed by atoms with E-state index in [1.165, 1.54) is 22.8 Å². The van der Waals surface area contributed by atoms with Crippen molar-refractivity contribution >= 4 is 32.5 Å². The van der Waals surface area contributed by atoms with Gasteiger partial charge in [-0.2, -0.15) is 0 Å². The van der Waals surface area contributed by atoms with Crippen LogP contribution >= 0.6 is 0 Å². The van der Waals surface area contributed by atoms with Crippen molar-refractivity contribution in [1.29, 1.82) is 0 Å². The Morgan fingerprint density at radius 3 is 2.67 bits per heavy atom. The molecule has 1 heterocycles. The van der Waals surface area contributed by atoms with Crippen LogP contribution in [0.25, 0.3) is 11.1 Å². The highest BCUT2D eigenvalue weighted by Crippen LogP contribution is 2.16. The molecule has 0 saturated carbocycles. The number of carbonyl (C=O) groups is 1. The van der Waals surface area contributed by atoms with Crippen LogP contribution in [-0.2, 0) is 21.2 Å². The van der Waals surface area contributed by atoms with Crippen LogP contribution in [0.2, 0.25) is 0 Å². The molecular formula is C16H14N2O5S. The van der Waals surface area contributed by atoms with Crippen LogP contribution in [0.3, 0.4) is 0 Å². The summed E-state index contributed by atoms with van der Waals surface area (Å²) in [5.41, 5.74) is 1.25. The third kappa shape index (κ3) is 3.23. The highest BCUT2D eigenvalue weighted by atomic mass is 32.2. The van der Waals surface area contributed by atoms with Crippen molar-refractivity contribution < 1.29 is 17.6 Å². The third-order valence-corrected chi connectivity index (χ3v) is 4.53. The molecular weight excluding hydrogens is 332 g/mol. The number of aromatic nitrogens is 1. The summed E-state index contributed by atoms with van der Waals surface area (Å²) in [6, 6.07) is 12.7. The second-order valence-electron chi connectivity index (χ2n) is 5.27. The second kappa shape index (κ2) is 5.97. The Hall–Kier alpha value is -2.87. The van der Waals surface area contributed by atoms with Gasteiger partial charge < -0.3 is 9.73 Å². The Morgan fingerprint density at radius 1 is 1.17 bits per heavy atom. The minimum Gasteiger partial charge on any atom is -0.408 e. The number of anilines is 1. The molecule has 0 saturated heterocycles. The van der Waals surface area contributed by atoms with Gasteiger partial charge in [0.2, 0.25) is 5.91 Å². The molecule has 1 amide bonds. The zero-order valence-corrected chi connectivity index (χ0v) is 13.5. The summed E-state index contributed by atoms with van der Waals surface area (Å²) in [6.07, 6.45) is 1.09. The number of amides is 1. The maximum atomic E-state index is 12.2. The van der Waals surface area contributed by atoms with E-state index in [-0.39, 0.29) is 11.4 Å². The van der Waals surface area contributed by atoms with Gasteiger partial charge in [-0.3, -0.25) is 9.36 Å². The standard InChI is InChI=1S/C16H14N2O5S/c1-24(21,22)12-6-4-5-11(9-12)17-15(19)10-18-13-7-2-3-8-14(13)23-16(18)20/h2-9H,10H2,1H3,(H,17,19). The van der Waals surface area contributed by atoms with Gasteiger partial charge in [-0.15, -0.1) is 0 Å². The number of nitrogens with zero attached hydrogens (tertiary/aromatic N) is 1. The SMILES string of the molecule is CS(=O)(=O)c1cccc(NC(=O)Cn2c(=O)oc3ccccc32)c1. The predicted octanol–water partition coefficient (Wildman–Crippen LogP) is 1.64. The molecule has 0 aliphatic carbocycles. The van der Waals surface area contributed by atoms with Gasteiger partial charge in [0, 0.05) is 11.9 Å². The normalized spacial score (nSPS) is 11.5. The van der Waals surface area contributed by atoms with Crippen molar-refractivity contribution in [1.82, 2.24) is 4.57 Å². The number of nitrogens with one attached hydrogen (secondary N) is 1. The van der Waals surface area contributed by atoms with E-state index in [2.05, 4.69) is 5.32 Å². The minimum atomic E-state index is -3.37. The molecule has 124 valence electrons. The molecule has 0 spiro atoms. The van der Waals surface area contributed by atoms with E-state index < -0.39 is 21.5 Å². The van der Waals surface area contributed by atoms with Gasteiger partial charge >= 0.3 is 5.76 Å². The van der Waals surface area contributed by atoms with E-state index in [0.717, 1.165) is 6.26 Å². The molecule has 0 aliphatic heterocycles. The lowest BCUT2D eigenvalue weighted by atomic mass is 10.3. The lowest BCUT2D eigenvalue weighted by Crippen LogP contribution is -2.24. The lowest BCUT2D eigenvalue weighted by molar-refractivity contribution is -0.116. The molecule has 0 unspecified atom stereocenters. The van der Waals surface area contributed by atoms with Crippen LogP contribution < -0.4 is 11.1 Å². The third-order valence-electron chi connectivity index (χ3n) is 3.42. The van der Waals surface area contributed by atoms with Crippen molar-refractivity contribution in [3.05, 3.63) is 59.1 Å². The Labute approximate surface area is 137 Å². The number of benzene rings is 2. The summed E-state index contributed by atoms with van der Waals surface area (Å²) >= 11 is 0. The second-order valence-corrected chi connectivity index (χ2v) is 7.29. The molecule has 1 N–H and O–H groups in total. The van der Waals surface area contributed by atoms with Gasteiger partial charge in [0.05, 0.1) is 10.4 Å². The molecule has 3 aromatic rings. The number of hydrogen-bond acceptors (Lipinski definition) is 5. The quantitative estimate of drug-likeness (QED) is 0.774. The summed E-state index contributed by atoms with van der Waals surface area (Å²) in [4.78, 5) is 24.1. The fraction of sp³-hybridized carbons (Fsp3) is 0.125. The van der Waals surface area contributed by atoms with Gasteiger partial charge in [0.15, 0.2) is 15.4 Å². The monoisotopic (exact) mass is 346 g/mol. The predicted molar refractivity (Wildman–Crippen MR) is 88.7 cm³/mol. The fourth-order valence-electron chi connectivity index (χ4n) is 2.31. The van der Waals surface area contributed by atoms with E-state index in [1.54, 1.807) is 30.3 Å². The van der Waals surface area contributed by atoms with Gasteiger partial charge in [0.1, 0.15) is 6.54 Å². The number of carbonyl (C=O) groups excluding carboxylic acids is 1. The Bertz CT molecular complexity index is 1080. The van der Waals surface area contributed by atoms with E-state index >= 15 is 0 Å². The lowest BCUT2D eigenvalue weighted by Gasteiger charge is -2.07. The summed E-state index contributed by atoms with van der Waals surface area (Å²) < 4.78 is 29.4. The zero-order chi connectivity index (χ0) is 17.3. The number of sulfone groups is 1. The van der Waals surface area contributed by atoms with Crippen LogP contribution in [0, 0.1) is 0 Å².